The molecule has 0 aliphatic carbocycles. The molecule has 0 spiro atoms. The summed E-state index contributed by atoms with van der Waals surface area (Å²) >= 11 is 0. The van der Waals surface area contributed by atoms with Crippen LogP contribution in [0.4, 0.5) is 19.3 Å². The zero-order valence-electron chi connectivity index (χ0n) is 24.2. The summed E-state index contributed by atoms with van der Waals surface area (Å²) in [5.41, 5.74) is -3.30. The predicted molar refractivity (Wildman–Crippen MR) is 149 cm³/mol. The van der Waals surface area contributed by atoms with Gasteiger partial charge in [-0.2, -0.15) is 0 Å². The van der Waals surface area contributed by atoms with Crippen molar-refractivity contribution in [1.29, 1.82) is 0 Å². The minimum atomic E-state index is -1.18. The maximum absolute atomic E-state index is 16.3. The lowest BCUT2D eigenvalue weighted by atomic mass is 10.1. The number of piperazine rings is 1. The van der Waals surface area contributed by atoms with E-state index in [1.54, 1.807) is 20.8 Å². The monoisotopic (exact) mass is 592 g/mol. The summed E-state index contributed by atoms with van der Waals surface area (Å²) in [7, 11) is 1.18. The fourth-order valence-electron chi connectivity index (χ4n) is 4.27. The molecule has 0 atom stereocenters. The lowest BCUT2D eigenvalue weighted by Crippen LogP contribution is -2.50. The van der Waals surface area contributed by atoms with Gasteiger partial charge in [-0.1, -0.05) is 12.7 Å². The maximum Gasteiger partial charge on any atom is 0.410 e. The van der Waals surface area contributed by atoms with Gasteiger partial charge >= 0.3 is 18.0 Å². The van der Waals surface area contributed by atoms with Crippen molar-refractivity contribution >= 4 is 40.5 Å². The minimum Gasteiger partial charge on any atom is -0.462 e. The van der Waals surface area contributed by atoms with Crippen molar-refractivity contribution in [2.75, 3.05) is 56.3 Å². The number of hydrogen-bond donors (Lipinski definition) is 0. The Morgan fingerprint density at radius 3 is 2.31 bits per heavy atom. The largest absolute Gasteiger partial charge is 0.462 e. The summed E-state index contributed by atoms with van der Waals surface area (Å²) in [6, 6.07) is 0.784. The molecule has 1 fully saturated rings. The third-order valence-corrected chi connectivity index (χ3v) is 6.22. The van der Waals surface area contributed by atoms with E-state index in [0.717, 1.165) is 21.9 Å². The molecule has 1 aliphatic rings. The van der Waals surface area contributed by atoms with E-state index in [1.165, 1.54) is 29.8 Å². The molecule has 1 aromatic heterocycles. The molecule has 42 heavy (non-hydrogen) atoms. The molecule has 0 N–H and O–H groups in total. The van der Waals surface area contributed by atoms with E-state index < -0.39 is 75.2 Å². The molecule has 2 aromatic rings. The van der Waals surface area contributed by atoms with Gasteiger partial charge in [-0.3, -0.25) is 24.1 Å². The predicted octanol–water partition coefficient (Wildman–Crippen LogP) is 2.73. The summed E-state index contributed by atoms with van der Waals surface area (Å²) in [5.74, 6) is -5.10. The second-order valence-corrected chi connectivity index (χ2v) is 10.4. The Bertz CT molecular complexity index is 1460. The number of fused-ring (bicyclic) bond motifs is 1. The van der Waals surface area contributed by atoms with Crippen molar-refractivity contribution < 1.29 is 42.2 Å². The van der Waals surface area contributed by atoms with Gasteiger partial charge in [-0.05, 0) is 33.8 Å². The first-order chi connectivity index (χ1) is 19.7. The fourth-order valence-corrected chi connectivity index (χ4v) is 4.27. The van der Waals surface area contributed by atoms with Gasteiger partial charge in [0.25, 0.3) is 5.91 Å². The number of nitrogens with zero attached hydrogens (tertiary/aromatic N) is 4. The van der Waals surface area contributed by atoms with Crippen LogP contribution in [-0.4, -0.2) is 85.6 Å². The molecule has 1 saturated heterocycles. The van der Waals surface area contributed by atoms with Crippen molar-refractivity contribution in [3.8, 4) is 0 Å². The van der Waals surface area contributed by atoms with E-state index in [9.17, 15) is 24.0 Å². The molecule has 228 valence electrons. The van der Waals surface area contributed by atoms with Crippen LogP contribution in [0.1, 0.15) is 44.5 Å². The number of amides is 2. The summed E-state index contributed by atoms with van der Waals surface area (Å²) in [5, 5.41) is 0.283. The second kappa shape index (κ2) is 13.0. The Labute approximate surface area is 241 Å². The molecule has 2 heterocycles. The van der Waals surface area contributed by atoms with Crippen LogP contribution in [0.3, 0.4) is 0 Å². The number of halogens is 2. The zero-order valence-corrected chi connectivity index (χ0v) is 24.2. The molecule has 0 radical (unpaired) electrons. The molecule has 1 aliphatic heterocycles. The molecule has 14 heteroatoms. The summed E-state index contributed by atoms with van der Waals surface area (Å²) in [4.78, 5) is 65.9. The van der Waals surface area contributed by atoms with E-state index in [-0.39, 0.29) is 39.4 Å². The highest BCUT2D eigenvalue weighted by Gasteiger charge is 2.31. The Kier molecular flexibility index (Phi) is 9.91. The summed E-state index contributed by atoms with van der Waals surface area (Å²) in [6.07, 6.45) is 0.898. The average Bonchev–Trinajstić information content (AvgIpc) is 2.91. The van der Waals surface area contributed by atoms with E-state index in [2.05, 4.69) is 6.58 Å². The molecule has 12 nitrogen and oxygen atoms in total. The molecule has 0 bridgehead atoms. The highest BCUT2D eigenvalue weighted by atomic mass is 19.1. The Balaban J connectivity index is 2.08. The molecule has 3 rings (SSSR count). The standard InChI is InChI=1S/C28H34F2N4O8/c1-7-13-41-21(36)15-20(35)31(6)34-16-18(26(38)40-8-2)25(37)17-14-19(29)24(22(30)23(17)34)32-9-11-33(12-10-32)27(39)42-28(3,4)5/h7,14,16H,1,8-13,15H2,2-6H3. The normalized spacial score (nSPS) is 13.5. The number of aromatic nitrogens is 1. The van der Waals surface area contributed by atoms with Gasteiger partial charge in [0.2, 0.25) is 5.43 Å². The van der Waals surface area contributed by atoms with Crippen LogP contribution in [0.15, 0.2) is 29.7 Å². The number of carbonyl (C=O) groups excluding carboxylic acids is 4. The number of anilines is 1. The van der Waals surface area contributed by atoms with Gasteiger partial charge < -0.3 is 24.0 Å². The van der Waals surface area contributed by atoms with Crippen LogP contribution in [0.5, 0.6) is 0 Å². The Hall–Kier alpha value is -4.49. The molecule has 0 unspecified atom stereocenters. The zero-order chi connectivity index (χ0) is 31.4. The molecular weight excluding hydrogens is 558 g/mol. The van der Waals surface area contributed by atoms with Gasteiger partial charge in [0, 0.05) is 39.4 Å². The van der Waals surface area contributed by atoms with Gasteiger partial charge in [-0.25, -0.2) is 18.4 Å². The van der Waals surface area contributed by atoms with Crippen LogP contribution in [0, 0.1) is 11.6 Å². The van der Waals surface area contributed by atoms with Crippen molar-refractivity contribution in [1.82, 2.24) is 9.58 Å². The molecular formula is C28H34F2N4O8. The Morgan fingerprint density at radius 1 is 1.10 bits per heavy atom. The van der Waals surface area contributed by atoms with Crippen molar-refractivity contribution in [3.05, 3.63) is 52.3 Å². The quantitative estimate of drug-likeness (QED) is 0.197. The summed E-state index contributed by atoms with van der Waals surface area (Å²) < 4.78 is 47.7. The van der Waals surface area contributed by atoms with Gasteiger partial charge in [0.15, 0.2) is 5.82 Å². The van der Waals surface area contributed by atoms with Gasteiger partial charge in [0.05, 0.1) is 12.0 Å². The van der Waals surface area contributed by atoms with Crippen LogP contribution in [0.2, 0.25) is 0 Å². The number of esters is 2. The number of hydrogen-bond acceptors (Lipinski definition) is 9. The third-order valence-electron chi connectivity index (χ3n) is 6.22. The Morgan fingerprint density at radius 2 is 1.74 bits per heavy atom. The number of rotatable bonds is 8. The van der Waals surface area contributed by atoms with Crippen LogP contribution < -0.4 is 15.3 Å². The number of pyridine rings is 1. The molecule has 1 aromatic carbocycles. The highest BCUT2D eigenvalue weighted by Crippen LogP contribution is 2.31. The van der Waals surface area contributed by atoms with Gasteiger partial charge in [0.1, 0.15) is 41.2 Å². The fraction of sp³-hybridized carbons (Fsp3) is 0.464. The number of ether oxygens (including phenoxy) is 3. The van der Waals surface area contributed by atoms with Crippen molar-refractivity contribution in [2.45, 2.75) is 39.7 Å². The first-order valence-electron chi connectivity index (χ1n) is 13.2. The highest BCUT2D eigenvalue weighted by molar-refractivity contribution is 6.01. The SMILES string of the molecule is C=CCOC(=O)CC(=O)N(C)n1cc(C(=O)OCC)c(=O)c2cc(F)c(N3CCN(C(=O)OC(C)(C)C)CC3)c(F)c21. The van der Waals surface area contributed by atoms with Crippen molar-refractivity contribution in [2.24, 2.45) is 0 Å². The van der Waals surface area contributed by atoms with E-state index in [0.29, 0.717) is 0 Å². The average molecular weight is 593 g/mol. The van der Waals surface area contributed by atoms with Crippen LogP contribution in [0.25, 0.3) is 10.9 Å². The first-order valence-corrected chi connectivity index (χ1v) is 13.2. The smallest absolute Gasteiger partial charge is 0.410 e. The molecule has 2 amide bonds. The van der Waals surface area contributed by atoms with Crippen molar-refractivity contribution in [3.63, 3.8) is 0 Å². The lowest BCUT2D eigenvalue weighted by Gasteiger charge is -2.37. The van der Waals surface area contributed by atoms with E-state index in [4.69, 9.17) is 14.2 Å². The second-order valence-electron chi connectivity index (χ2n) is 10.4. The number of benzene rings is 1. The first kappa shape index (κ1) is 32.0. The minimum absolute atomic E-state index is 0.0354. The molecule has 0 saturated carbocycles. The third kappa shape index (κ3) is 7.04. The van der Waals surface area contributed by atoms with E-state index >= 15 is 8.78 Å². The topological polar surface area (TPSA) is 128 Å². The summed E-state index contributed by atoms with van der Waals surface area (Å²) in [6.45, 7) is 10.1. The lowest BCUT2D eigenvalue weighted by molar-refractivity contribution is -0.145. The van der Waals surface area contributed by atoms with Crippen LogP contribution >= 0.6 is 0 Å². The number of carbonyl (C=O) groups is 4. The van der Waals surface area contributed by atoms with Crippen LogP contribution in [-0.2, 0) is 23.8 Å². The van der Waals surface area contributed by atoms with E-state index in [1.807, 2.05) is 0 Å². The van der Waals surface area contributed by atoms with Gasteiger partial charge in [-0.15, -0.1) is 0 Å². The maximum atomic E-state index is 16.3.